The van der Waals surface area contributed by atoms with Crippen molar-refractivity contribution in [2.75, 3.05) is 0 Å². The normalized spacial score (nSPS) is 24.9. The van der Waals surface area contributed by atoms with E-state index in [2.05, 4.69) is 26.2 Å². The summed E-state index contributed by atoms with van der Waals surface area (Å²) in [7, 11) is 2.18. The number of carboxylic acid groups (broad SMARTS) is 1. The van der Waals surface area contributed by atoms with Crippen LogP contribution in [0.1, 0.15) is 27.7 Å². The van der Waals surface area contributed by atoms with Crippen LogP contribution in [0.5, 0.6) is 0 Å². The van der Waals surface area contributed by atoms with Crippen LogP contribution in [0.3, 0.4) is 0 Å². The third-order valence-electron chi connectivity index (χ3n) is 2.69. The minimum absolute atomic E-state index is 0. The molecule has 0 spiro atoms. The maximum Gasteiger partial charge on any atom is 0.316 e. The van der Waals surface area contributed by atoms with Crippen molar-refractivity contribution in [1.29, 1.82) is 0 Å². The predicted octanol–water partition coefficient (Wildman–Crippen LogP) is 4.37. The van der Waals surface area contributed by atoms with Crippen molar-refractivity contribution in [3.63, 3.8) is 0 Å². The molecule has 5 heteroatoms. The van der Waals surface area contributed by atoms with Gasteiger partial charge in [-0.1, -0.05) is 44.9 Å². The van der Waals surface area contributed by atoms with Crippen molar-refractivity contribution in [3.8, 4) is 0 Å². The maximum atomic E-state index is 10.5. The van der Waals surface area contributed by atoms with Gasteiger partial charge in [0, 0.05) is 23.0 Å². The smallest absolute Gasteiger partial charge is 0.316 e. The van der Waals surface area contributed by atoms with E-state index < -0.39 is 5.97 Å². The van der Waals surface area contributed by atoms with E-state index in [1.54, 1.807) is 0 Å². The van der Waals surface area contributed by atoms with E-state index in [1.807, 2.05) is 20.0 Å². The van der Waals surface area contributed by atoms with Gasteiger partial charge in [0.05, 0.1) is 0 Å². The predicted molar refractivity (Wildman–Crippen MR) is 73.3 cm³/mol. The molecule has 2 aliphatic rings. The molecule has 0 aromatic rings. The Labute approximate surface area is 125 Å². The van der Waals surface area contributed by atoms with Crippen LogP contribution in [0.4, 0.5) is 0 Å². The molecule has 0 unspecified atom stereocenters. The van der Waals surface area contributed by atoms with Gasteiger partial charge in [0.1, 0.15) is 5.66 Å². The molecule has 0 atom stereocenters. The minimum atomic E-state index is -0.799. The van der Waals surface area contributed by atoms with Crippen LogP contribution in [0, 0.1) is 47.8 Å². The first-order valence-electron chi connectivity index (χ1n) is 5.29. The first kappa shape index (κ1) is 18.8. The number of rotatable bonds is 1. The molecule has 2 fully saturated rings. The van der Waals surface area contributed by atoms with Crippen LogP contribution in [-0.2, 0) is 21.9 Å². The number of aliphatic carboxylic acids is 1. The van der Waals surface area contributed by atoms with E-state index in [1.165, 1.54) is 20.4 Å². The average Bonchev–Trinajstić information content (AvgIpc) is 2.78. The number of carboxylic acids is 1. The molecule has 0 saturated carbocycles. The van der Waals surface area contributed by atoms with Gasteiger partial charge in [0.25, 0.3) is 0 Å². The topological polar surface area (TPSA) is 37.3 Å². The van der Waals surface area contributed by atoms with Crippen LogP contribution in [0.15, 0.2) is 0 Å². The summed E-state index contributed by atoms with van der Waals surface area (Å²) in [5, 5.41) is 8.60. The zero-order chi connectivity index (χ0) is 13.0. The average molecular weight is 322 g/mol. The van der Waals surface area contributed by atoms with Gasteiger partial charge in [-0.25, -0.2) is 0 Å². The quantitative estimate of drug-likeness (QED) is 0.575. The Morgan fingerprint density at radius 3 is 1.67 bits per heavy atom. The van der Waals surface area contributed by atoms with Crippen LogP contribution in [0.2, 0.25) is 0 Å². The van der Waals surface area contributed by atoms with E-state index in [4.69, 9.17) is 5.11 Å². The maximum absolute atomic E-state index is 10.5. The summed E-state index contributed by atoms with van der Waals surface area (Å²) >= 11 is 0. The summed E-state index contributed by atoms with van der Waals surface area (Å²) in [6, 6.07) is 0. The molecule has 2 rings (SSSR count). The fraction of sp³-hybridized carbons (Fsp3) is 0.308. The second kappa shape index (κ2) is 8.91. The third-order valence-corrected chi connectivity index (χ3v) is 5.07. The molecule has 2 saturated heterocycles. The summed E-state index contributed by atoms with van der Waals surface area (Å²) in [6.45, 7) is 8.06. The zero-order valence-electron chi connectivity index (χ0n) is 10.8. The third kappa shape index (κ3) is 5.46. The number of hydrogen-bond donors (Lipinski definition) is 1. The first-order chi connectivity index (χ1) is 7.93. The van der Waals surface area contributed by atoms with Crippen molar-refractivity contribution < 1.29 is 27.0 Å². The van der Waals surface area contributed by atoms with Crippen LogP contribution in [-0.4, -0.2) is 11.1 Å². The number of carbonyl (C=O) groups is 1. The van der Waals surface area contributed by atoms with Crippen molar-refractivity contribution >= 4 is 23.1 Å². The molecule has 2 nitrogen and oxygen atoms in total. The molecule has 0 aliphatic carbocycles. The molecule has 2 heterocycles. The summed E-state index contributed by atoms with van der Waals surface area (Å²) in [6.07, 6.45) is 6.35. The van der Waals surface area contributed by atoms with E-state index in [9.17, 15) is 4.79 Å². The minimum Gasteiger partial charge on any atom is -0.480 e. The van der Waals surface area contributed by atoms with Crippen molar-refractivity contribution in [2.45, 2.75) is 27.7 Å². The summed E-state index contributed by atoms with van der Waals surface area (Å²) in [5.41, 5.74) is 0.512. The zero-order valence-corrected chi connectivity index (χ0v) is 13.7. The van der Waals surface area contributed by atoms with Crippen LogP contribution in [0.25, 0.3) is 0 Å². The molecule has 0 bridgehead atoms. The Kier molecular flexibility index (Phi) is 9.33. The van der Waals surface area contributed by atoms with Gasteiger partial charge in [-0.05, 0) is 36.2 Å². The van der Waals surface area contributed by atoms with E-state index in [-0.39, 0.29) is 17.1 Å². The van der Waals surface area contributed by atoms with Gasteiger partial charge in [-0.15, -0.1) is 0 Å². The molecule has 0 aromatic heterocycles. The molecule has 0 amide bonds. The molecule has 98 valence electrons. The van der Waals surface area contributed by atoms with E-state index in [0.29, 0.717) is 5.66 Å². The second-order valence-electron chi connectivity index (χ2n) is 3.99. The Bertz CT molecular complexity index is 255. The molecule has 0 aromatic carbocycles. The molecular weight excluding hydrogens is 306 g/mol. The van der Waals surface area contributed by atoms with Crippen LogP contribution < -0.4 is 0 Å². The monoisotopic (exact) mass is 322 g/mol. The van der Waals surface area contributed by atoms with Gasteiger partial charge >= 0.3 is 5.97 Å². The summed E-state index contributed by atoms with van der Waals surface area (Å²) < 4.78 is 0. The molecule has 1 N–H and O–H groups in total. The van der Waals surface area contributed by atoms with Crippen molar-refractivity contribution in [1.82, 2.24) is 0 Å². The van der Waals surface area contributed by atoms with Crippen molar-refractivity contribution in [3.05, 3.63) is 47.8 Å². The molecule has 10 radical (unpaired) electrons. The molecule has 18 heavy (non-hydrogen) atoms. The van der Waals surface area contributed by atoms with Crippen LogP contribution >= 0.6 is 17.2 Å². The molecular formula is C13H16FeO2P2. The SMILES string of the molecule is C[C]1[CH][P][CH][C]1C.C[C]1[CH][P][C](C(=O)O)[C]1C.[Fe]. The summed E-state index contributed by atoms with van der Waals surface area (Å²) in [5.74, 6) is 4.06. The Morgan fingerprint density at radius 1 is 1.00 bits per heavy atom. The largest absolute Gasteiger partial charge is 0.480 e. The van der Waals surface area contributed by atoms with Gasteiger partial charge < -0.3 is 5.11 Å². The van der Waals surface area contributed by atoms with E-state index in [0.717, 1.165) is 20.4 Å². The number of hydrogen-bond acceptors (Lipinski definition) is 1. The Hall–Kier alpha value is 0.849. The van der Waals surface area contributed by atoms with E-state index >= 15 is 0 Å². The fourth-order valence-electron chi connectivity index (χ4n) is 1.22. The van der Waals surface area contributed by atoms with Gasteiger partial charge in [-0.3, -0.25) is 4.79 Å². The summed E-state index contributed by atoms with van der Waals surface area (Å²) in [4.78, 5) is 10.5. The Morgan fingerprint density at radius 2 is 1.50 bits per heavy atom. The standard InChI is InChI=1S/C7H8O2P.C6H8P.Fe/c1-4-3-10-6(5(4)2)7(8)9;1-5-3-7-4-6(5)2;/h3H,1-2H3,(H,8,9);3-4H,1-2H3;. The van der Waals surface area contributed by atoms with Gasteiger partial charge in [0.2, 0.25) is 0 Å². The van der Waals surface area contributed by atoms with Gasteiger partial charge in [0.15, 0.2) is 0 Å². The Balaban J connectivity index is 0.000000321. The van der Waals surface area contributed by atoms with Gasteiger partial charge in [-0.2, -0.15) is 0 Å². The fourth-order valence-corrected chi connectivity index (χ4v) is 3.15. The first-order valence-corrected chi connectivity index (χ1v) is 7.29. The van der Waals surface area contributed by atoms with Crippen molar-refractivity contribution in [2.24, 2.45) is 0 Å². The second-order valence-corrected chi connectivity index (χ2v) is 5.77. The molecule has 2 aliphatic heterocycles.